The Bertz CT molecular complexity index is 999. The van der Waals surface area contributed by atoms with E-state index < -0.39 is 0 Å². The minimum Gasteiger partial charge on any atom is -0.493 e. The molecule has 7 heteroatoms. The molecule has 29 heavy (non-hydrogen) atoms. The molecule has 0 atom stereocenters. The second kappa shape index (κ2) is 8.68. The van der Waals surface area contributed by atoms with E-state index in [9.17, 15) is 4.79 Å². The maximum atomic E-state index is 12.5. The molecule has 3 aromatic rings. The lowest BCUT2D eigenvalue weighted by Gasteiger charge is -2.09. The minimum atomic E-state index is -0.231. The van der Waals surface area contributed by atoms with E-state index in [2.05, 4.69) is 22.4 Å². The molecule has 0 unspecified atom stereocenters. The van der Waals surface area contributed by atoms with Crippen LogP contribution in [-0.2, 0) is 6.54 Å². The molecule has 0 bridgehead atoms. The van der Waals surface area contributed by atoms with Crippen LogP contribution in [0, 0.1) is 0 Å². The number of para-hydroxylation sites is 1. The topological polar surface area (TPSA) is 85.5 Å². The second-order valence-electron chi connectivity index (χ2n) is 6.74. The van der Waals surface area contributed by atoms with Gasteiger partial charge < -0.3 is 19.5 Å². The maximum Gasteiger partial charge on any atom is 0.269 e. The van der Waals surface area contributed by atoms with E-state index >= 15 is 0 Å². The summed E-state index contributed by atoms with van der Waals surface area (Å²) in [5.74, 6) is 1.95. The molecule has 0 fully saturated rings. The molecule has 1 aliphatic heterocycles. The van der Waals surface area contributed by atoms with Crippen LogP contribution in [0.15, 0.2) is 48.5 Å². The number of rotatable bonds is 8. The number of carbonyl (C=O) groups is 1. The first-order valence-electron chi connectivity index (χ1n) is 9.69. The Morgan fingerprint density at radius 2 is 2.03 bits per heavy atom. The van der Waals surface area contributed by atoms with Gasteiger partial charge >= 0.3 is 0 Å². The van der Waals surface area contributed by atoms with Gasteiger partial charge in [0.2, 0.25) is 6.79 Å². The Hall–Kier alpha value is -3.48. The van der Waals surface area contributed by atoms with Crippen molar-refractivity contribution in [1.82, 2.24) is 15.5 Å². The second-order valence-corrected chi connectivity index (χ2v) is 6.74. The molecule has 2 heterocycles. The zero-order valence-electron chi connectivity index (χ0n) is 16.2. The number of amides is 1. The van der Waals surface area contributed by atoms with Crippen molar-refractivity contribution in [3.63, 3.8) is 0 Å². The number of nitrogens with zero attached hydrogens (tertiary/aromatic N) is 1. The fourth-order valence-electron chi connectivity index (χ4n) is 3.04. The summed E-state index contributed by atoms with van der Waals surface area (Å²) in [7, 11) is 0. The van der Waals surface area contributed by atoms with Gasteiger partial charge in [0.05, 0.1) is 12.3 Å². The molecule has 4 rings (SSSR count). The molecule has 1 aromatic heterocycles. The van der Waals surface area contributed by atoms with Crippen molar-refractivity contribution in [3.8, 4) is 28.5 Å². The smallest absolute Gasteiger partial charge is 0.269 e. The number of benzene rings is 2. The Kier molecular flexibility index (Phi) is 5.65. The third-order valence-electron chi connectivity index (χ3n) is 4.63. The Morgan fingerprint density at radius 1 is 1.17 bits per heavy atom. The Balaban J connectivity index is 1.42. The summed E-state index contributed by atoms with van der Waals surface area (Å²) in [6.07, 6.45) is 2.06. The van der Waals surface area contributed by atoms with Gasteiger partial charge in [-0.2, -0.15) is 5.10 Å². The van der Waals surface area contributed by atoms with Gasteiger partial charge in [0.15, 0.2) is 11.5 Å². The van der Waals surface area contributed by atoms with Crippen LogP contribution in [0.4, 0.5) is 0 Å². The third-order valence-corrected chi connectivity index (χ3v) is 4.63. The molecule has 0 radical (unpaired) electrons. The number of aromatic nitrogens is 2. The van der Waals surface area contributed by atoms with Gasteiger partial charge in [0, 0.05) is 12.1 Å². The van der Waals surface area contributed by atoms with Crippen molar-refractivity contribution in [2.24, 2.45) is 0 Å². The first-order chi connectivity index (χ1) is 14.2. The van der Waals surface area contributed by atoms with Gasteiger partial charge in [0.25, 0.3) is 5.91 Å². The fourth-order valence-corrected chi connectivity index (χ4v) is 3.04. The molecule has 0 saturated carbocycles. The number of carbonyl (C=O) groups excluding carboxylic acids is 1. The van der Waals surface area contributed by atoms with Crippen LogP contribution in [-0.4, -0.2) is 29.5 Å². The average molecular weight is 393 g/mol. The predicted octanol–water partition coefficient (Wildman–Crippen LogP) is 3.91. The van der Waals surface area contributed by atoms with Gasteiger partial charge in [-0.1, -0.05) is 31.5 Å². The van der Waals surface area contributed by atoms with Crippen LogP contribution in [0.25, 0.3) is 11.3 Å². The first-order valence-corrected chi connectivity index (χ1v) is 9.69. The van der Waals surface area contributed by atoms with E-state index in [4.69, 9.17) is 14.2 Å². The molecule has 150 valence electrons. The predicted molar refractivity (Wildman–Crippen MR) is 108 cm³/mol. The summed E-state index contributed by atoms with van der Waals surface area (Å²) in [5.41, 5.74) is 2.85. The summed E-state index contributed by atoms with van der Waals surface area (Å²) in [4.78, 5) is 12.5. The highest BCUT2D eigenvalue weighted by Crippen LogP contribution is 2.32. The van der Waals surface area contributed by atoms with E-state index in [0.29, 0.717) is 30.3 Å². The van der Waals surface area contributed by atoms with Crippen LogP contribution >= 0.6 is 0 Å². The van der Waals surface area contributed by atoms with Gasteiger partial charge in [-0.25, -0.2) is 0 Å². The maximum absolute atomic E-state index is 12.5. The van der Waals surface area contributed by atoms with Gasteiger partial charge in [-0.15, -0.1) is 0 Å². The molecule has 1 amide bonds. The van der Waals surface area contributed by atoms with E-state index in [1.54, 1.807) is 6.07 Å². The van der Waals surface area contributed by atoms with E-state index in [-0.39, 0.29) is 12.7 Å². The summed E-state index contributed by atoms with van der Waals surface area (Å²) >= 11 is 0. The first kappa shape index (κ1) is 18.9. The molecular weight excluding hydrogens is 370 g/mol. The highest BCUT2D eigenvalue weighted by molar-refractivity contribution is 5.93. The van der Waals surface area contributed by atoms with Crippen LogP contribution in [0.5, 0.6) is 17.2 Å². The number of aromatic amines is 1. The van der Waals surface area contributed by atoms with Crippen molar-refractivity contribution in [2.75, 3.05) is 13.4 Å². The SMILES string of the molecule is CCCCOc1ccccc1-c1cc(C(=O)NCc2ccc3c(c2)OCO3)[nH]n1. The van der Waals surface area contributed by atoms with Crippen LogP contribution in [0.2, 0.25) is 0 Å². The van der Waals surface area contributed by atoms with E-state index in [1.807, 2.05) is 42.5 Å². The van der Waals surface area contributed by atoms with Crippen molar-refractivity contribution in [2.45, 2.75) is 26.3 Å². The van der Waals surface area contributed by atoms with Gasteiger partial charge in [0.1, 0.15) is 11.4 Å². The molecule has 1 aliphatic rings. The molecule has 0 spiro atoms. The monoisotopic (exact) mass is 393 g/mol. The Morgan fingerprint density at radius 3 is 2.93 bits per heavy atom. The van der Waals surface area contributed by atoms with Gasteiger partial charge in [-0.3, -0.25) is 9.89 Å². The quantitative estimate of drug-likeness (QED) is 0.567. The zero-order chi connectivity index (χ0) is 20.1. The summed E-state index contributed by atoms with van der Waals surface area (Å²) in [5, 5.41) is 10.0. The van der Waals surface area contributed by atoms with Crippen molar-refractivity contribution in [1.29, 1.82) is 0 Å². The van der Waals surface area contributed by atoms with Crippen molar-refractivity contribution < 1.29 is 19.0 Å². The third kappa shape index (κ3) is 4.34. The molecule has 0 aliphatic carbocycles. The number of unbranched alkanes of at least 4 members (excludes halogenated alkanes) is 1. The highest BCUT2D eigenvalue weighted by atomic mass is 16.7. The average Bonchev–Trinajstić information content (AvgIpc) is 3.42. The number of nitrogens with one attached hydrogen (secondary N) is 2. The molecule has 0 saturated heterocycles. The normalized spacial score (nSPS) is 12.0. The standard InChI is InChI=1S/C22H23N3O4/c1-2-3-10-27-19-7-5-4-6-16(19)17-12-18(25-24-17)22(26)23-13-15-8-9-20-21(11-15)29-14-28-20/h4-9,11-12H,2-3,10,13-14H2,1H3,(H,23,26)(H,24,25). The lowest BCUT2D eigenvalue weighted by Crippen LogP contribution is -2.23. The lowest BCUT2D eigenvalue weighted by atomic mass is 10.1. The summed E-state index contributed by atoms with van der Waals surface area (Å²) < 4.78 is 16.5. The number of fused-ring (bicyclic) bond motifs is 1. The number of hydrogen-bond donors (Lipinski definition) is 2. The largest absolute Gasteiger partial charge is 0.493 e. The molecular formula is C22H23N3O4. The zero-order valence-corrected chi connectivity index (χ0v) is 16.2. The molecule has 2 N–H and O–H groups in total. The number of hydrogen-bond acceptors (Lipinski definition) is 5. The number of H-pyrrole nitrogens is 1. The van der Waals surface area contributed by atoms with Gasteiger partial charge in [-0.05, 0) is 42.3 Å². The number of ether oxygens (including phenoxy) is 3. The summed E-state index contributed by atoms with van der Waals surface area (Å²) in [6.45, 7) is 3.38. The van der Waals surface area contributed by atoms with Crippen molar-refractivity contribution >= 4 is 5.91 Å². The van der Waals surface area contributed by atoms with Crippen LogP contribution in [0.3, 0.4) is 0 Å². The van der Waals surface area contributed by atoms with Crippen LogP contribution in [0.1, 0.15) is 35.8 Å². The molecule has 7 nitrogen and oxygen atoms in total. The van der Waals surface area contributed by atoms with Crippen LogP contribution < -0.4 is 19.5 Å². The fraction of sp³-hybridized carbons (Fsp3) is 0.273. The lowest BCUT2D eigenvalue weighted by molar-refractivity contribution is 0.0946. The minimum absolute atomic E-state index is 0.228. The van der Waals surface area contributed by atoms with E-state index in [1.165, 1.54) is 0 Å². The van der Waals surface area contributed by atoms with Crippen molar-refractivity contribution in [3.05, 3.63) is 59.8 Å². The molecule has 2 aromatic carbocycles. The summed E-state index contributed by atoms with van der Waals surface area (Å²) in [6, 6.07) is 15.0. The Labute approximate surface area is 169 Å². The van der Waals surface area contributed by atoms with E-state index in [0.717, 1.165) is 35.5 Å². The highest BCUT2D eigenvalue weighted by Gasteiger charge is 2.16.